The molecule has 1 aromatic rings. The van der Waals surface area contributed by atoms with E-state index < -0.39 is 128 Å². The molecule has 1 aromatic carbocycles. The molecule has 51 heavy (non-hydrogen) atoms. The number of aliphatic hydroxyl groups is 5. The Morgan fingerprint density at radius 2 is 1.53 bits per heavy atom. The average molecular weight is 723 g/mol. The predicted octanol–water partition coefficient (Wildman–Crippen LogP) is -1.33. The Bertz CT molecular complexity index is 1470. The van der Waals surface area contributed by atoms with E-state index in [9.17, 15) is 39.9 Å². The third-order valence-corrected chi connectivity index (χ3v) is 9.68. The van der Waals surface area contributed by atoms with Crippen LogP contribution in [0.5, 0.6) is 0 Å². The number of carbonyl (C=O) groups is 3. The van der Waals surface area contributed by atoms with E-state index in [-0.39, 0.29) is 0 Å². The summed E-state index contributed by atoms with van der Waals surface area (Å²) < 4.78 is 52.7. The number of rotatable bonds is 11. The topological polar surface area (TPSA) is 239 Å². The first-order valence-corrected chi connectivity index (χ1v) is 16.5. The second kappa shape index (κ2) is 15.2. The highest BCUT2D eigenvalue weighted by Crippen LogP contribution is 2.61. The van der Waals surface area contributed by atoms with E-state index >= 15 is 0 Å². The van der Waals surface area contributed by atoms with Gasteiger partial charge in [-0.15, -0.1) is 0 Å². The van der Waals surface area contributed by atoms with Crippen LogP contribution in [-0.2, 0) is 57.0 Å². The van der Waals surface area contributed by atoms with E-state index in [4.69, 9.17) is 42.6 Å². The molecule has 17 nitrogen and oxygen atoms in total. The molecule has 0 spiro atoms. The maximum Gasteiger partial charge on any atom is 0.331 e. The van der Waals surface area contributed by atoms with Crippen LogP contribution >= 0.6 is 0 Å². The van der Waals surface area contributed by atoms with E-state index in [0.717, 1.165) is 6.92 Å². The van der Waals surface area contributed by atoms with Crippen molar-refractivity contribution in [2.45, 2.75) is 106 Å². The normalized spacial score (nSPS) is 42.7. The molecule has 1 aliphatic carbocycles. The second-order valence-corrected chi connectivity index (χ2v) is 13.0. The van der Waals surface area contributed by atoms with Gasteiger partial charge in [0.25, 0.3) is 0 Å². The number of fused-ring (bicyclic) bond motifs is 3. The van der Waals surface area contributed by atoms with Crippen LogP contribution in [0.25, 0.3) is 6.08 Å². The molecule has 16 unspecified atom stereocenters. The summed E-state index contributed by atoms with van der Waals surface area (Å²) >= 11 is 0. The van der Waals surface area contributed by atoms with Crippen molar-refractivity contribution in [2.24, 2.45) is 11.8 Å². The number of hydrogen-bond donors (Lipinski definition) is 5. The summed E-state index contributed by atoms with van der Waals surface area (Å²) in [6, 6.07) is 8.94. The third kappa shape index (κ3) is 7.41. The van der Waals surface area contributed by atoms with Gasteiger partial charge in [0.2, 0.25) is 6.29 Å². The zero-order valence-electron chi connectivity index (χ0n) is 27.9. The Morgan fingerprint density at radius 1 is 0.824 bits per heavy atom. The Morgan fingerprint density at radius 3 is 2.20 bits per heavy atom. The summed E-state index contributed by atoms with van der Waals surface area (Å²) in [6.45, 7) is 2.69. The molecule has 16 atom stereocenters. The smallest absolute Gasteiger partial charge is 0.331 e. The van der Waals surface area contributed by atoms with Crippen molar-refractivity contribution in [3.8, 4) is 0 Å². The molecule has 6 rings (SSSR count). The number of epoxide rings is 1. The van der Waals surface area contributed by atoms with Gasteiger partial charge >= 0.3 is 17.9 Å². The Balaban J connectivity index is 1.26. The third-order valence-electron chi connectivity index (χ3n) is 9.68. The van der Waals surface area contributed by atoms with E-state index in [2.05, 4.69) is 0 Å². The highest BCUT2D eigenvalue weighted by molar-refractivity contribution is 5.87. The molecule has 0 amide bonds. The lowest BCUT2D eigenvalue weighted by atomic mass is 9.85. The van der Waals surface area contributed by atoms with Gasteiger partial charge in [-0.1, -0.05) is 30.3 Å². The van der Waals surface area contributed by atoms with E-state index in [1.165, 1.54) is 25.3 Å². The molecule has 4 aliphatic heterocycles. The largest absolute Gasteiger partial charge is 0.472 e. The highest BCUT2D eigenvalue weighted by Gasteiger charge is 2.77. The van der Waals surface area contributed by atoms with Crippen molar-refractivity contribution < 1.29 is 82.5 Å². The van der Waals surface area contributed by atoms with Gasteiger partial charge in [-0.05, 0) is 24.6 Å². The molecular formula is C34H42O17. The molecule has 3 saturated heterocycles. The maximum atomic E-state index is 13.2. The Hall–Kier alpha value is -3.49. The fourth-order valence-electron chi connectivity index (χ4n) is 7.25. The van der Waals surface area contributed by atoms with E-state index in [1.54, 1.807) is 37.3 Å². The molecule has 5 N–H and O–H groups in total. The van der Waals surface area contributed by atoms with Crippen molar-refractivity contribution in [1.82, 2.24) is 0 Å². The number of carbonyl (C=O) groups excluding carboxylic acids is 3. The first kappa shape index (κ1) is 37.3. The lowest BCUT2D eigenvalue weighted by Gasteiger charge is -2.45. The van der Waals surface area contributed by atoms with Gasteiger partial charge in [0.15, 0.2) is 30.9 Å². The Labute approximate surface area is 292 Å². The van der Waals surface area contributed by atoms with Crippen LogP contribution in [0.4, 0.5) is 0 Å². The number of esters is 3. The zero-order chi connectivity index (χ0) is 36.6. The minimum absolute atomic E-state index is 0.514. The highest BCUT2D eigenvalue weighted by atomic mass is 16.8. The van der Waals surface area contributed by atoms with Gasteiger partial charge in [0.1, 0.15) is 36.1 Å². The summed E-state index contributed by atoms with van der Waals surface area (Å²) in [6.07, 6.45) is -11.5. The average Bonchev–Trinajstić information content (AvgIpc) is 3.78. The zero-order valence-corrected chi connectivity index (χ0v) is 27.9. The molecule has 0 aromatic heterocycles. The van der Waals surface area contributed by atoms with Crippen molar-refractivity contribution in [3.63, 3.8) is 0 Å². The lowest BCUT2D eigenvalue weighted by molar-refractivity contribution is -0.347. The predicted molar refractivity (Wildman–Crippen MR) is 166 cm³/mol. The standard InChI is InChI=1S/C34H42O17/c1-15-26(45-16(2)37)28(46-17(3)38)29(48-21(39)10-9-18-7-5-4-6-8-18)33(44-15)49-27-19-11-12-43-31(22(19)34(14-36)30(27)51-34)50-32-25(42)24(41)23(40)20(13-35)47-32/h4-12,15,19-20,22-33,35-36,40-42H,13-14H2,1-3H3. The molecular weight excluding hydrogens is 680 g/mol. The summed E-state index contributed by atoms with van der Waals surface area (Å²) in [5.41, 5.74) is -0.570. The van der Waals surface area contributed by atoms with Gasteiger partial charge in [-0.2, -0.15) is 0 Å². The second-order valence-electron chi connectivity index (χ2n) is 13.0. The van der Waals surface area contributed by atoms with Gasteiger partial charge in [0.05, 0.1) is 37.6 Å². The molecule has 1 saturated carbocycles. The summed E-state index contributed by atoms with van der Waals surface area (Å²) in [5.74, 6) is -3.71. The van der Waals surface area contributed by atoms with Crippen LogP contribution < -0.4 is 0 Å². The van der Waals surface area contributed by atoms with Gasteiger partial charge < -0.3 is 68.2 Å². The van der Waals surface area contributed by atoms with Crippen LogP contribution in [0.15, 0.2) is 48.7 Å². The van der Waals surface area contributed by atoms with Crippen LogP contribution in [0, 0.1) is 11.8 Å². The minimum atomic E-state index is -1.72. The number of ether oxygens (including phenoxy) is 9. The van der Waals surface area contributed by atoms with Gasteiger partial charge in [0, 0.05) is 25.8 Å². The van der Waals surface area contributed by atoms with Crippen LogP contribution in [0.2, 0.25) is 0 Å². The van der Waals surface area contributed by atoms with Crippen molar-refractivity contribution in [3.05, 3.63) is 54.3 Å². The quantitative estimate of drug-likeness (QED) is 0.0769. The number of benzene rings is 1. The maximum absolute atomic E-state index is 13.2. The van der Waals surface area contributed by atoms with Gasteiger partial charge in [-0.3, -0.25) is 9.59 Å². The first-order valence-electron chi connectivity index (χ1n) is 16.5. The van der Waals surface area contributed by atoms with Crippen LogP contribution in [0.1, 0.15) is 26.3 Å². The summed E-state index contributed by atoms with van der Waals surface area (Å²) in [4.78, 5) is 37.6. The summed E-state index contributed by atoms with van der Waals surface area (Å²) in [7, 11) is 0. The molecule has 0 bridgehead atoms. The van der Waals surface area contributed by atoms with E-state index in [1.807, 2.05) is 6.07 Å². The SMILES string of the molecule is CC(=O)OC1C(C)OC(OC2C3C=COC(OC4OC(CO)C(O)C(O)C4O)C3C3(CO)OC23)C(OC(=O)C=Cc2ccccc2)C1OC(C)=O. The summed E-state index contributed by atoms with van der Waals surface area (Å²) in [5, 5.41) is 51.3. The molecule has 4 heterocycles. The van der Waals surface area contributed by atoms with Crippen LogP contribution in [-0.4, -0.2) is 142 Å². The number of hydrogen-bond acceptors (Lipinski definition) is 17. The molecule has 4 fully saturated rings. The molecule has 5 aliphatic rings. The fraction of sp³-hybridized carbons (Fsp3) is 0.618. The number of aliphatic hydroxyl groups excluding tert-OH is 5. The monoisotopic (exact) mass is 722 g/mol. The molecule has 17 heteroatoms. The van der Waals surface area contributed by atoms with Gasteiger partial charge in [-0.25, -0.2) is 4.79 Å². The lowest BCUT2D eigenvalue weighted by Crippen LogP contribution is -2.62. The molecule has 280 valence electrons. The fourth-order valence-corrected chi connectivity index (χ4v) is 7.25. The van der Waals surface area contributed by atoms with Crippen molar-refractivity contribution in [1.29, 1.82) is 0 Å². The van der Waals surface area contributed by atoms with Crippen molar-refractivity contribution >= 4 is 24.0 Å². The van der Waals surface area contributed by atoms with Crippen LogP contribution in [0.3, 0.4) is 0 Å². The van der Waals surface area contributed by atoms with E-state index in [0.29, 0.717) is 5.56 Å². The minimum Gasteiger partial charge on any atom is -0.472 e. The Kier molecular flexibility index (Phi) is 11.1. The first-order chi connectivity index (χ1) is 24.4. The molecule has 0 radical (unpaired) electrons. The van der Waals surface area contributed by atoms with Crippen molar-refractivity contribution in [2.75, 3.05) is 13.2 Å².